The number of nitrogens with one attached hydrogen (secondary N) is 1. The van der Waals surface area contributed by atoms with Gasteiger partial charge in [-0.05, 0) is 46.5 Å². The molecular formula is C23H22FN3. The van der Waals surface area contributed by atoms with E-state index in [9.17, 15) is 4.39 Å². The fourth-order valence-corrected chi connectivity index (χ4v) is 4.65. The van der Waals surface area contributed by atoms with Crippen LogP contribution in [0.15, 0.2) is 73.1 Å². The number of piperidine rings is 1. The number of hydrogen-bond donors (Lipinski definition) is 1. The summed E-state index contributed by atoms with van der Waals surface area (Å²) in [5, 5.41) is 3.53. The Morgan fingerprint density at radius 2 is 1.63 bits per heavy atom. The lowest BCUT2D eigenvalue weighted by Crippen LogP contribution is -2.72. The predicted octanol–water partition coefficient (Wildman–Crippen LogP) is 3.83. The Morgan fingerprint density at radius 3 is 2.33 bits per heavy atom. The summed E-state index contributed by atoms with van der Waals surface area (Å²) in [6, 6.07) is 21.0. The van der Waals surface area contributed by atoms with Crippen molar-refractivity contribution >= 4 is 0 Å². The molecule has 0 amide bonds. The van der Waals surface area contributed by atoms with E-state index < -0.39 is 0 Å². The first-order valence-corrected chi connectivity index (χ1v) is 9.51. The van der Waals surface area contributed by atoms with Gasteiger partial charge in [-0.15, -0.1) is 0 Å². The highest BCUT2D eigenvalue weighted by molar-refractivity contribution is 5.63. The van der Waals surface area contributed by atoms with Gasteiger partial charge in [0.1, 0.15) is 5.82 Å². The molecule has 0 spiro atoms. The number of halogens is 1. The van der Waals surface area contributed by atoms with Gasteiger partial charge in [0.05, 0.1) is 0 Å². The molecule has 2 fully saturated rings. The summed E-state index contributed by atoms with van der Waals surface area (Å²) in [6.07, 6.45) is 3.66. The molecule has 0 radical (unpaired) electrons. The SMILES string of the molecule is Fc1cccc(CN2[C@@H]3CNC[C@H]2C3c2ccc(-c3ccncc3)cc2)c1. The Hall–Kier alpha value is -2.56. The maximum Gasteiger partial charge on any atom is 0.123 e. The molecule has 5 rings (SSSR count). The molecule has 3 nitrogen and oxygen atoms in total. The first-order valence-electron chi connectivity index (χ1n) is 9.51. The van der Waals surface area contributed by atoms with Crippen LogP contribution in [-0.4, -0.2) is 35.1 Å². The van der Waals surface area contributed by atoms with Gasteiger partial charge < -0.3 is 5.32 Å². The Balaban J connectivity index is 1.34. The average molecular weight is 359 g/mol. The van der Waals surface area contributed by atoms with Crippen molar-refractivity contribution in [3.63, 3.8) is 0 Å². The van der Waals surface area contributed by atoms with Crippen LogP contribution in [0.2, 0.25) is 0 Å². The molecule has 2 saturated heterocycles. The van der Waals surface area contributed by atoms with Crippen molar-refractivity contribution in [2.75, 3.05) is 13.1 Å². The minimum atomic E-state index is -0.153. The molecule has 1 unspecified atom stereocenters. The number of piperazine rings is 1. The van der Waals surface area contributed by atoms with Crippen molar-refractivity contribution in [1.29, 1.82) is 0 Å². The molecular weight excluding hydrogens is 337 g/mol. The van der Waals surface area contributed by atoms with Crippen molar-refractivity contribution < 1.29 is 4.39 Å². The van der Waals surface area contributed by atoms with Gasteiger partial charge in [-0.25, -0.2) is 4.39 Å². The fraction of sp³-hybridized carbons (Fsp3) is 0.261. The molecule has 2 aliphatic heterocycles. The minimum Gasteiger partial charge on any atom is -0.314 e. The molecule has 3 aromatic rings. The average Bonchev–Trinajstić information content (AvgIpc) is 2.73. The highest BCUT2D eigenvalue weighted by Crippen LogP contribution is 2.43. The zero-order valence-corrected chi connectivity index (χ0v) is 15.1. The molecule has 3 heterocycles. The second-order valence-corrected chi connectivity index (χ2v) is 7.48. The van der Waals surface area contributed by atoms with Crippen LogP contribution in [0.5, 0.6) is 0 Å². The van der Waals surface area contributed by atoms with Gasteiger partial charge in [0.2, 0.25) is 0 Å². The van der Waals surface area contributed by atoms with Crippen LogP contribution in [0.3, 0.4) is 0 Å². The third-order valence-electron chi connectivity index (χ3n) is 5.95. The topological polar surface area (TPSA) is 28.2 Å². The normalized spacial score (nSPS) is 24.4. The number of nitrogens with zero attached hydrogens (tertiary/aromatic N) is 2. The van der Waals surface area contributed by atoms with Crippen LogP contribution in [0.25, 0.3) is 11.1 Å². The molecule has 0 saturated carbocycles. The monoisotopic (exact) mass is 359 g/mol. The summed E-state index contributed by atoms with van der Waals surface area (Å²) in [5.74, 6) is 0.394. The van der Waals surface area contributed by atoms with Gasteiger partial charge in [0.25, 0.3) is 0 Å². The lowest BCUT2D eigenvalue weighted by atomic mass is 9.72. The van der Waals surface area contributed by atoms with Crippen LogP contribution in [0.4, 0.5) is 4.39 Å². The summed E-state index contributed by atoms with van der Waals surface area (Å²) in [7, 11) is 0. The van der Waals surface area contributed by atoms with Crippen LogP contribution in [0.1, 0.15) is 17.0 Å². The third-order valence-corrected chi connectivity index (χ3v) is 5.95. The number of hydrogen-bond acceptors (Lipinski definition) is 3. The predicted molar refractivity (Wildman–Crippen MR) is 105 cm³/mol. The van der Waals surface area contributed by atoms with Gasteiger partial charge in [-0.2, -0.15) is 0 Å². The van der Waals surface area contributed by atoms with Crippen molar-refractivity contribution in [3.8, 4) is 11.1 Å². The van der Waals surface area contributed by atoms with Crippen LogP contribution in [0, 0.1) is 5.82 Å². The van der Waals surface area contributed by atoms with E-state index in [4.69, 9.17) is 0 Å². The largest absolute Gasteiger partial charge is 0.314 e. The molecule has 2 aromatic carbocycles. The number of aromatic nitrogens is 1. The zero-order valence-electron chi connectivity index (χ0n) is 15.1. The first kappa shape index (κ1) is 16.6. The number of pyridine rings is 1. The lowest BCUT2D eigenvalue weighted by Gasteiger charge is -2.59. The lowest BCUT2D eigenvalue weighted by molar-refractivity contribution is -0.0483. The summed E-state index contributed by atoms with van der Waals surface area (Å²) in [6.45, 7) is 2.80. The molecule has 2 aliphatic rings. The van der Waals surface area contributed by atoms with E-state index in [0.29, 0.717) is 18.0 Å². The molecule has 0 aliphatic carbocycles. The van der Waals surface area contributed by atoms with E-state index in [-0.39, 0.29) is 5.82 Å². The maximum absolute atomic E-state index is 13.5. The van der Waals surface area contributed by atoms with Gasteiger partial charge >= 0.3 is 0 Å². The number of fused-ring (bicyclic) bond motifs is 2. The first-order chi connectivity index (χ1) is 13.3. The molecule has 136 valence electrons. The summed E-state index contributed by atoms with van der Waals surface area (Å²) < 4.78 is 13.5. The van der Waals surface area contributed by atoms with Gasteiger partial charge in [-0.3, -0.25) is 9.88 Å². The van der Waals surface area contributed by atoms with Crippen molar-refractivity contribution in [1.82, 2.24) is 15.2 Å². The van der Waals surface area contributed by atoms with E-state index >= 15 is 0 Å². The van der Waals surface area contributed by atoms with E-state index in [2.05, 4.69) is 39.5 Å². The van der Waals surface area contributed by atoms with Crippen molar-refractivity contribution in [2.45, 2.75) is 24.5 Å². The van der Waals surface area contributed by atoms with Gasteiger partial charge in [0.15, 0.2) is 0 Å². The Morgan fingerprint density at radius 1 is 0.926 bits per heavy atom. The molecule has 1 N–H and O–H groups in total. The summed E-state index contributed by atoms with van der Waals surface area (Å²) >= 11 is 0. The van der Waals surface area contributed by atoms with Crippen LogP contribution >= 0.6 is 0 Å². The third kappa shape index (κ3) is 3.05. The Labute approximate surface area is 158 Å². The Bertz CT molecular complexity index is 914. The number of benzene rings is 2. The highest BCUT2D eigenvalue weighted by atomic mass is 19.1. The summed E-state index contributed by atoms with van der Waals surface area (Å²) in [4.78, 5) is 6.61. The van der Waals surface area contributed by atoms with E-state index in [1.54, 1.807) is 12.1 Å². The van der Waals surface area contributed by atoms with Crippen molar-refractivity contribution in [2.24, 2.45) is 0 Å². The summed E-state index contributed by atoms with van der Waals surface area (Å²) in [5.41, 5.74) is 4.87. The van der Waals surface area contributed by atoms with E-state index in [1.807, 2.05) is 30.6 Å². The number of rotatable bonds is 4. The van der Waals surface area contributed by atoms with E-state index in [0.717, 1.165) is 25.2 Å². The molecule has 4 heteroatoms. The zero-order chi connectivity index (χ0) is 18.2. The van der Waals surface area contributed by atoms with Gasteiger partial charge in [0, 0.05) is 50.0 Å². The standard InChI is InChI=1S/C23H22FN3/c24-20-3-1-2-16(12-20)15-27-21-13-26-14-22(27)23(21)19-6-4-17(5-7-19)18-8-10-25-11-9-18/h1-12,21-23,26H,13-15H2/t21-,22+,23?. The van der Waals surface area contributed by atoms with Crippen LogP contribution < -0.4 is 5.32 Å². The van der Waals surface area contributed by atoms with Gasteiger partial charge in [-0.1, -0.05) is 36.4 Å². The molecule has 3 atom stereocenters. The second-order valence-electron chi connectivity index (χ2n) is 7.48. The fourth-order valence-electron chi connectivity index (χ4n) is 4.65. The minimum absolute atomic E-state index is 0.153. The van der Waals surface area contributed by atoms with E-state index in [1.165, 1.54) is 22.8 Å². The molecule has 27 heavy (non-hydrogen) atoms. The smallest absolute Gasteiger partial charge is 0.123 e. The quantitative estimate of drug-likeness (QED) is 0.767. The second kappa shape index (κ2) is 6.87. The van der Waals surface area contributed by atoms with Crippen LogP contribution in [-0.2, 0) is 6.54 Å². The Kier molecular flexibility index (Phi) is 4.23. The molecule has 2 bridgehead atoms. The van der Waals surface area contributed by atoms with Crippen molar-refractivity contribution in [3.05, 3.63) is 90.0 Å². The maximum atomic E-state index is 13.5. The molecule has 1 aromatic heterocycles. The highest BCUT2D eigenvalue weighted by Gasteiger charge is 2.50.